The van der Waals surface area contributed by atoms with Crippen molar-refractivity contribution in [1.82, 2.24) is 0 Å². The molecule has 4 rings (SSSR count). The molecule has 4 unspecified atom stereocenters. The molecule has 0 spiro atoms. The lowest BCUT2D eigenvalue weighted by Gasteiger charge is -2.49. The highest BCUT2D eigenvalue weighted by Crippen LogP contribution is 2.67. The van der Waals surface area contributed by atoms with Crippen LogP contribution < -0.4 is 0 Å². The van der Waals surface area contributed by atoms with E-state index in [-0.39, 0.29) is 5.90 Å². The van der Waals surface area contributed by atoms with Gasteiger partial charge in [-0.05, 0) is 37.0 Å². The summed E-state index contributed by atoms with van der Waals surface area (Å²) in [5.41, 5.74) is -0.373. The molecule has 2 aromatic rings. The minimum absolute atomic E-state index is 0.331. The van der Waals surface area contributed by atoms with Gasteiger partial charge < -0.3 is 9.47 Å². The maximum Gasteiger partial charge on any atom is 0.215 e. The van der Waals surface area contributed by atoms with Crippen molar-refractivity contribution in [3.8, 4) is 18.2 Å². The van der Waals surface area contributed by atoms with Gasteiger partial charge in [0.25, 0.3) is 0 Å². The van der Waals surface area contributed by atoms with Crippen LogP contribution in [0.15, 0.2) is 48.5 Å². The second kappa shape index (κ2) is 6.95. The summed E-state index contributed by atoms with van der Waals surface area (Å²) in [7, 11) is 0. The van der Waals surface area contributed by atoms with Gasteiger partial charge in [0, 0.05) is 6.92 Å². The first kappa shape index (κ1) is 20.6. The second-order valence-electron chi connectivity index (χ2n) is 8.50. The molecule has 0 aromatic heterocycles. The summed E-state index contributed by atoms with van der Waals surface area (Å²) in [4.78, 5) is 0. The zero-order valence-corrected chi connectivity index (χ0v) is 17.6. The van der Waals surface area contributed by atoms with E-state index in [1.54, 1.807) is 6.92 Å². The molecule has 2 aromatic carbocycles. The van der Waals surface area contributed by atoms with Gasteiger partial charge in [0.2, 0.25) is 17.1 Å². The average molecular weight is 410 g/mol. The number of nitrogens with zero attached hydrogens (tertiary/aromatic N) is 3. The minimum atomic E-state index is -1.95. The Labute approximate surface area is 181 Å². The molecule has 2 bridgehead atoms. The van der Waals surface area contributed by atoms with E-state index >= 15 is 0 Å². The van der Waals surface area contributed by atoms with Crippen molar-refractivity contribution in [3.63, 3.8) is 0 Å². The van der Waals surface area contributed by atoms with E-state index < -0.39 is 28.6 Å². The van der Waals surface area contributed by atoms with Crippen molar-refractivity contribution in [2.75, 3.05) is 0 Å². The van der Waals surface area contributed by atoms with Crippen LogP contribution in [0, 0.1) is 70.0 Å². The Kier molecular flexibility index (Phi) is 4.62. The molecule has 1 N–H and O–H groups in total. The number of fused-ring (bicyclic) bond motifs is 2. The SMILES string of the molecule is Cc1ccc(C)c(C2OC3(C)OC(=N)C(C#N)(C3Cc3ccccc3)C2(C#N)C#N)c1. The highest BCUT2D eigenvalue weighted by molar-refractivity contribution is 5.89. The van der Waals surface area contributed by atoms with Crippen molar-refractivity contribution >= 4 is 5.90 Å². The third-order valence-electron chi connectivity index (χ3n) is 6.71. The third-order valence-corrected chi connectivity index (χ3v) is 6.71. The first-order chi connectivity index (χ1) is 14.8. The molecule has 154 valence electrons. The minimum Gasteiger partial charge on any atom is -0.448 e. The predicted molar refractivity (Wildman–Crippen MR) is 112 cm³/mol. The zero-order chi connectivity index (χ0) is 22.4. The molecule has 0 aliphatic carbocycles. The van der Waals surface area contributed by atoms with Crippen molar-refractivity contribution in [2.24, 2.45) is 16.7 Å². The molecule has 4 atom stereocenters. The Balaban J connectivity index is 1.98. The number of benzene rings is 2. The van der Waals surface area contributed by atoms with Gasteiger partial charge in [-0.2, -0.15) is 15.8 Å². The number of hydrogen-bond donors (Lipinski definition) is 1. The van der Waals surface area contributed by atoms with Crippen molar-refractivity contribution in [2.45, 2.75) is 39.1 Å². The fraction of sp³-hybridized carbons (Fsp3) is 0.360. The Bertz CT molecular complexity index is 1170. The Morgan fingerprint density at radius 1 is 1.00 bits per heavy atom. The van der Waals surface area contributed by atoms with Gasteiger partial charge in [0.15, 0.2) is 5.41 Å². The van der Waals surface area contributed by atoms with E-state index in [0.717, 1.165) is 16.7 Å². The molecule has 2 saturated heterocycles. The lowest BCUT2D eigenvalue weighted by molar-refractivity contribution is -0.272. The molecule has 0 amide bonds. The fourth-order valence-electron chi connectivity index (χ4n) is 5.06. The van der Waals surface area contributed by atoms with Crippen LogP contribution in [0.25, 0.3) is 0 Å². The van der Waals surface area contributed by atoms with Crippen LogP contribution in [-0.4, -0.2) is 11.7 Å². The van der Waals surface area contributed by atoms with E-state index in [1.165, 1.54) is 0 Å². The molecule has 0 saturated carbocycles. The second-order valence-corrected chi connectivity index (χ2v) is 8.50. The Hall–Kier alpha value is -3.66. The summed E-state index contributed by atoms with van der Waals surface area (Å²) in [6.07, 6.45) is -0.709. The summed E-state index contributed by atoms with van der Waals surface area (Å²) >= 11 is 0. The van der Waals surface area contributed by atoms with Crippen LogP contribution in [0.5, 0.6) is 0 Å². The van der Waals surface area contributed by atoms with E-state index in [2.05, 4.69) is 18.2 Å². The molecule has 2 fully saturated rings. The van der Waals surface area contributed by atoms with Crippen LogP contribution in [0.1, 0.15) is 35.3 Å². The van der Waals surface area contributed by atoms with E-state index in [4.69, 9.17) is 14.9 Å². The van der Waals surface area contributed by atoms with Gasteiger partial charge in [-0.3, -0.25) is 5.41 Å². The Morgan fingerprint density at radius 2 is 1.68 bits per heavy atom. The number of nitriles is 3. The maximum absolute atomic E-state index is 10.5. The van der Waals surface area contributed by atoms with E-state index in [9.17, 15) is 15.8 Å². The monoisotopic (exact) mass is 410 g/mol. The molecule has 2 aliphatic heterocycles. The third kappa shape index (κ3) is 2.61. The van der Waals surface area contributed by atoms with Crippen LogP contribution in [0.3, 0.4) is 0 Å². The maximum atomic E-state index is 10.5. The van der Waals surface area contributed by atoms with Crippen molar-refractivity contribution in [1.29, 1.82) is 21.2 Å². The topological polar surface area (TPSA) is 114 Å². The number of nitrogens with one attached hydrogen (secondary N) is 1. The Morgan fingerprint density at radius 3 is 2.29 bits per heavy atom. The van der Waals surface area contributed by atoms with Crippen LogP contribution in [0.4, 0.5) is 0 Å². The summed E-state index contributed by atoms with van der Waals surface area (Å²) in [6, 6.07) is 21.6. The lowest BCUT2D eigenvalue weighted by atomic mass is 9.52. The highest BCUT2D eigenvalue weighted by atomic mass is 16.7. The van der Waals surface area contributed by atoms with Gasteiger partial charge in [0.05, 0.1) is 24.1 Å². The molecular formula is C25H22N4O2. The average Bonchev–Trinajstić information content (AvgIpc) is 2.92. The summed E-state index contributed by atoms with van der Waals surface area (Å²) < 4.78 is 12.3. The number of rotatable bonds is 3. The highest BCUT2D eigenvalue weighted by Gasteiger charge is 2.79. The van der Waals surface area contributed by atoms with Crippen molar-refractivity contribution in [3.05, 3.63) is 70.8 Å². The van der Waals surface area contributed by atoms with E-state index in [0.29, 0.717) is 12.0 Å². The first-order valence-electron chi connectivity index (χ1n) is 10.1. The summed E-state index contributed by atoms with van der Waals surface area (Å²) in [5, 5.41) is 39.8. The van der Waals surface area contributed by atoms with Gasteiger partial charge in [-0.1, -0.05) is 54.1 Å². The smallest absolute Gasteiger partial charge is 0.215 e. The first-order valence-corrected chi connectivity index (χ1v) is 10.1. The molecule has 2 aliphatic rings. The number of aryl methyl sites for hydroxylation is 2. The molecule has 6 heteroatoms. The predicted octanol–water partition coefficient (Wildman–Crippen LogP) is 4.50. The van der Waals surface area contributed by atoms with Gasteiger partial charge in [0.1, 0.15) is 6.10 Å². The number of ether oxygens (including phenoxy) is 2. The zero-order valence-electron chi connectivity index (χ0n) is 17.6. The van der Waals surface area contributed by atoms with Gasteiger partial charge in [-0.15, -0.1) is 0 Å². The lowest BCUT2D eigenvalue weighted by Crippen LogP contribution is -2.59. The van der Waals surface area contributed by atoms with Gasteiger partial charge >= 0.3 is 0 Å². The summed E-state index contributed by atoms with van der Waals surface area (Å²) in [6.45, 7) is 5.49. The molecule has 0 radical (unpaired) electrons. The molecule has 2 heterocycles. The van der Waals surface area contributed by atoms with E-state index in [1.807, 2.05) is 62.4 Å². The van der Waals surface area contributed by atoms with Crippen LogP contribution in [0.2, 0.25) is 0 Å². The molecule has 6 nitrogen and oxygen atoms in total. The number of hydrogen-bond acceptors (Lipinski definition) is 6. The van der Waals surface area contributed by atoms with Crippen LogP contribution >= 0.6 is 0 Å². The normalized spacial score (nSPS) is 30.5. The standard InChI is InChI=1S/C25H22N4O2/c1-16-9-10-17(2)19(11-16)21-24(13-26,14-27)25(15-28)20(12-18-7-5-4-6-8-18)23(3,30-21)31-22(25)29/h4-11,20-21,29H,12H2,1-3H3. The fourth-order valence-corrected chi connectivity index (χ4v) is 5.06. The molecule has 31 heavy (non-hydrogen) atoms. The van der Waals surface area contributed by atoms with Crippen LogP contribution in [-0.2, 0) is 15.9 Å². The quantitative estimate of drug-likeness (QED) is 0.800. The largest absolute Gasteiger partial charge is 0.448 e. The van der Waals surface area contributed by atoms with Crippen molar-refractivity contribution < 1.29 is 9.47 Å². The van der Waals surface area contributed by atoms with Gasteiger partial charge in [-0.25, -0.2) is 0 Å². The summed E-state index contributed by atoms with van der Waals surface area (Å²) in [5.74, 6) is -2.42. The molecular weight excluding hydrogens is 388 g/mol.